The molecule has 0 radical (unpaired) electrons. The first-order chi connectivity index (χ1) is 6.38. The van der Waals surface area contributed by atoms with Gasteiger partial charge < -0.3 is 9.84 Å². The van der Waals surface area contributed by atoms with Crippen LogP contribution in [0.5, 0.6) is 0 Å². The van der Waals surface area contributed by atoms with Gasteiger partial charge in [-0.15, -0.1) is 0 Å². The average Bonchev–Trinajstić information content (AvgIpc) is 2.09. The van der Waals surface area contributed by atoms with Crippen molar-refractivity contribution in [3.8, 4) is 11.8 Å². The van der Waals surface area contributed by atoms with Crippen LogP contribution in [-0.4, -0.2) is 32.0 Å². The summed E-state index contributed by atoms with van der Waals surface area (Å²) in [4.78, 5) is 10.6. The Bertz CT molecular complexity index is 244. The third kappa shape index (κ3) is 5.78. The number of rotatable bonds is 3. The van der Waals surface area contributed by atoms with Crippen molar-refractivity contribution >= 4 is 14.0 Å². The van der Waals surface area contributed by atoms with Gasteiger partial charge >= 0.3 is 5.97 Å². The van der Waals surface area contributed by atoms with Crippen LogP contribution < -0.4 is 0 Å². The van der Waals surface area contributed by atoms with E-state index in [0.29, 0.717) is 12.8 Å². The first-order valence-corrected chi connectivity index (χ1v) is 8.20. The number of ether oxygens (including phenoxy) is 1. The van der Waals surface area contributed by atoms with Gasteiger partial charge in [-0.05, 0) is 6.42 Å². The van der Waals surface area contributed by atoms with Crippen molar-refractivity contribution < 1.29 is 14.6 Å². The van der Waals surface area contributed by atoms with Crippen LogP contribution in [0.1, 0.15) is 12.8 Å². The molecule has 0 spiro atoms. The third-order valence-electron chi connectivity index (χ3n) is 1.92. The number of aliphatic hydroxyl groups is 1. The Balaban J connectivity index is 3.84. The van der Waals surface area contributed by atoms with E-state index in [2.05, 4.69) is 36.2 Å². The highest BCUT2D eigenvalue weighted by atomic mass is 28.3. The molecule has 1 unspecified atom stereocenters. The SMILES string of the molecule is COC(=O)C#CCCC(O)[Si](C)(C)C. The zero-order valence-electron chi connectivity index (χ0n) is 9.26. The van der Waals surface area contributed by atoms with Gasteiger partial charge in [0.25, 0.3) is 0 Å². The fourth-order valence-electron chi connectivity index (χ4n) is 0.828. The Kier molecular flexibility index (Phi) is 5.51. The van der Waals surface area contributed by atoms with E-state index in [1.807, 2.05) is 0 Å². The van der Waals surface area contributed by atoms with E-state index in [9.17, 15) is 9.90 Å². The molecule has 0 aliphatic rings. The van der Waals surface area contributed by atoms with Crippen molar-refractivity contribution in [2.24, 2.45) is 0 Å². The van der Waals surface area contributed by atoms with Crippen LogP contribution >= 0.6 is 0 Å². The quantitative estimate of drug-likeness (QED) is 0.332. The van der Waals surface area contributed by atoms with Gasteiger partial charge in [0.1, 0.15) is 0 Å². The van der Waals surface area contributed by atoms with E-state index in [1.54, 1.807) is 0 Å². The van der Waals surface area contributed by atoms with Crippen molar-refractivity contribution in [2.45, 2.75) is 38.2 Å². The number of carbonyl (C=O) groups is 1. The highest BCUT2D eigenvalue weighted by Crippen LogP contribution is 2.11. The number of hydrogen-bond acceptors (Lipinski definition) is 3. The van der Waals surface area contributed by atoms with Crippen LogP contribution in [0.3, 0.4) is 0 Å². The zero-order chi connectivity index (χ0) is 11.2. The molecule has 3 nitrogen and oxygen atoms in total. The molecule has 80 valence electrons. The van der Waals surface area contributed by atoms with Crippen LogP contribution in [0.25, 0.3) is 0 Å². The van der Waals surface area contributed by atoms with Crippen molar-refractivity contribution in [1.82, 2.24) is 0 Å². The fraction of sp³-hybridized carbons (Fsp3) is 0.700. The number of carbonyl (C=O) groups excluding carboxylic acids is 1. The molecule has 0 rings (SSSR count). The molecule has 0 aromatic rings. The lowest BCUT2D eigenvalue weighted by Crippen LogP contribution is -2.37. The molecule has 0 amide bonds. The summed E-state index contributed by atoms with van der Waals surface area (Å²) in [5.41, 5.74) is -0.255. The number of hydrogen-bond donors (Lipinski definition) is 1. The molecule has 1 N–H and O–H groups in total. The zero-order valence-corrected chi connectivity index (χ0v) is 10.3. The van der Waals surface area contributed by atoms with Crippen LogP contribution in [-0.2, 0) is 9.53 Å². The summed E-state index contributed by atoms with van der Waals surface area (Å²) in [6, 6.07) is 0. The molecule has 0 bridgehead atoms. The highest BCUT2D eigenvalue weighted by molar-refractivity contribution is 6.77. The molecular weight excluding hydrogens is 196 g/mol. The molecule has 0 aliphatic heterocycles. The Morgan fingerprint density at radius 2 is 2.07 bits per heavy atom. The Morgan fingerprint density at radius 3 is 2.50 bits per heavy atom. The smallest absolute Gasteiger partial charge is 0.384 e. The van der Waals surface area contributed by atoms with Crippen LogP contribution in [0.4, 0.5) is 0 Å². The van der Waals surface area contributed by atoms with E-state index >= 15 is 0 Å². The topological polar surface area (TPSA) is 46.5 Å². The molecule has 4 heteroatoms. The molecule has 0 aromatic carbocycles. The largest absolute Gasteiger partial charge is 0.459 e. The van der Waals surface area contributed by atoms with Gasteiger partial charge in [-0.2, -0.15) is 0 Å². The molecule has 0 saturated heterocycles. The molecule has 0 aromatic heterocycles. The summed E-state index contributed by atoms with van der Waals surface area (Å²) in [7, 11) is -0.175. The Morgan fingerprint density at radius 1 is 1.50 bits per heavy atom. The minimum Gasteiger partial charge on any atom is -0.459 e. The summed E-state index contributed by atoms with van der Waals surface area (Å²) >= 11 is 0. The van der Waals surface area contributed by atoms with E-state index in [0.717, 1.165) is 0 Å². The van der Waals surface area contributed by atoms with E-state index in [1.165, 1.54) is 7.11 Å². The number of aliphatic hydroxyl groups excluding tert-OH is 1. The third-order valence-corrected chi connectivity index (χ3v) is 4.21. The maximum absolute atomic E-state index is 10.6. The van der Waals surface area contributed by atoms with E-state index in [-0.39, 0.29) is 5.73 Å². The number of esters is 1. The standard InChI is InChI=1S/C10H18O3Si/c1-13-9(11)7-5-6-8-10(12)14(2,3)4/h10,12H,6,8H2,1-4H3. The monoisotopic (exact) mass is 214 g/mol. The summed E-state index contributed by atoms with van der Waals surface area (Å²) in [6.07, 6.45) is 1.18. The summed E-state index contributed by atoms with van der Waals surface area (Å²) in [5, 5.41) is 9.69. The lowest BCUT2D eigenvalue weighted by atomic mass is 10.3. The molecule has 14 heavy (non-hydrogen) atoms. The minimum atomic E-state index is -1.47. The van der Waals surface area contributed by atoms with Gasteiger partial charge in [-0.25, -0.2) is 4.79 Å². The summed E-state index contributed by atoms with van der Waals surface area (Å²) in [5.74, 6) is 4.49. The van der Waals surface area contributed by atoms with Crippen molar-refractivity contribution in [1.29, 1.82) is 0 Å². The second-order valence-corrected chi connectivity index (χ2v) is 9.61. The molecular formula is C10H18O3Si. The van der Waals surface area contributed by atoms with Gasteiger partial charge in [0.05, 0.1) is 15.2 Å². The van der Waals surface area contributed by atoms with Crippen molar-refractivity contribution in [2.75, 3.05) is 7.11 Å². The molecule has 0 heterocycles. The Labute approximate surface area is 86.5 Å². The molecule has 0 saturated carbocycles. The average molecular weight is 214 g/mol. The first-order valence-electron chi connectivity index (χ1n) is 4.63. The second-order valence-electron chi connectivity index (χ2n) is 4.21. The lowest BCUT2D eigenvalue weighted by molar-refractivity contribution is -0.133. The van der Waals surface area contributed by atoms with Crippen molar-refractivity contribution in [3.05, 3.63) is 0 Å². The number of methoxy groups -OCH3 is 1. The summed E-state index contributed by atoms with van der Waals surface area (Å²) in [6.45, 7) is 6.31. The Hall–Kier alpha value is -0.793. The van der Waals surface area contributed by atoms with Crippen molar-refractivity contribution in [3.63, 3.8) is 0 Å². The van der Waals surface area contributed by atoms with Gasteiger partial charge in [0.2, 0.25) is 0 Å². The normalized spacial score (nSPS) is 12.6. The van der Waals surface area contributed by atoms with Crippen LogP contribution in [0.15, 0.2) is 0 Å². The predicted octanol–water partition coefficient (Wildman–Crippen LogP) is 1.18. The minimum absolute atomic E-state index is 0.255. The van der Waals surface area contributed by atoms with Crippen LogP contribution in [0.2, 0.25) is 19.6 Å². The maximum Gasteiger partial charge on any atom is 0.384 e. The summed E-state index contributed by atoms with van der Waals surface area (Å²) < 4.78 is 4.36. The first kappa shape index (κ1) is 13.2. The van der Waals surface area contributed by atoms with E-state index in [4.69, 9.17) is 0 Å². The predicted molar refractivity (Wildman–Crippen MR) is 58.4 cm³/mol. The fourth-order valence-corrected chi connectivity index (χ4v) is 1.84. The van der Waals surface area contributed by atoms with Crippen LogP contribution in [0, 0.1) is 11.8 Å². The van der Waals surface area contributed by atoms with Gasteiger partial charge in [-0.1, -0.05) is 25.6 Å². The van der Waals surface area contributed by atoms with Gasteiger partial charge in [-0.3, -0.25) is 0 Å². The van der Waals surface area contributed by atoms with E-state index < -0.39 is 14.0 Å². The molecule has 0 aliphatic carbocycles. The highest BCUT2D eigenvalue weighted by Gasteiger charge is 2.23. The maximum atomic E-state index is 10.6. The van der Waals surface area contributed by atoms with Gasteiger partial charge in [0, 0.05) is 18.1 Å². The van der Waals surface area contributed by atoms with Gasteiger partial charge in [0.15, 0.2) is 0 Å². The molecule has 1 atom stereocenters. The lowest BCUT2D eigenvalue weighted by Gasteiger charge is -2.22. The second kappa shape index (κ2) is 5.84. The molecule has 0 fully saturated rings.